The van der Waals surface area contributed by atoms with E-state index < -0.39 is 0 Å². The maximum atomic E-state index is 11.6. The molecule has 0 nitrogen and oxygen atoms in total. The second-order valence-corrected chi connectivity index (χ2v) is 1.63. The first-order chi connectivity index (χ1) is 2.64. The molecular weight excluding hydrogens is 102 g/mol. The van der Waals surface area contributed by atoms with E-state index >= 15 is 0 Å². The molecule has 0 bridgehead atoms. The molecule has 36 valence electrons. The quantitative estimate of drug-likeness (QED) is 0.447. The van der Waals surface area contributed by atoms with E-state index in [1.54, 1.807) is 0 Å². The van der Waals surface area contributed by atoms with Gasteiger partial charge in [0.25, 0.3) is 0 Å². The Balaban J connectivity index is 3.68. The van der Waals surface area contributed by atoms with Crippen molar-refractivity contribution in [1.29, 1.82) is 0 Å². The van der Waals surface area contributed by atoms with Crippen LogP contribution in [0.15, 0.2) is 10.9 Å². The Morgan fingerprint density at radius 3 is 1.67 bits per heavy atom. The summed E-state index contributed by atoms with van der Waals surface area (Å²) in [6.07, 6.45) is 0. The average molecular weight is 109 g/mol. The summed E-state index contributed by atoms with van der Waals surface area (Å²) in [6.45, 7) is 2.83. The lowest BCUT2D eigenvalue weighted by Crippen LogP contribution is -1.59. The smallest absolute Gasteiger partial charge is 0.111 e. The molecule has 0 spiro atoms. The highest BCUT2D eigenvalue weighted by Gasteiger charge is 1.83. The molecule has 0 aromatic heterocycles. The monoisotopic (exact) mass is 108 g/mol. The fourth-order valence-corrected chi connectivity index (χ4v) is 0. The van der Waals surface area contributed by atoms with Crippen LogP contribution in [-0.4, -0.2) is 0 Å². The molecule has 2 heteroatoms. The van der Waals surface area contributed by atoms with Gasteiger partial charge in [-0.05, 0) is 13.8 Å². The first-order valence-electron chi connectivity index (χ1n) is 1.63. The van der Waals surface area contributed by atoms with Crippen LogP contribution in [-0.2, 0) is 0 Å². The van der Waals surface area contributed by atoms with Gasteiger partial charge in [0.1, 0.15) is 5.83 Å². The zero-order valence-corrected chi connectivity index (χ0v) is 4.51. The molecular formula is C4H6ClF. The molecule has 0 atom stereocenters. The maximum Gasteiger partial charge on any atom is 0.111 e. The van der Waals surface area contributed by atoms with Gasteiger partial charge in [0.15, 0.2) is 0 Å². The second-order valence-electron chi connectivity index (χ2n) is 1.07. The minimum atomic E-state index is -0.309. The van der Waals surface area contributed by atoms with Crippen molar-refractivity contribution in [2.75, 3.05) is 0 Å². The molecule has 0 aromatic carbocycles. The van der Waals surface area contributed by atoms with Crippen molar-refractivity contribution in [3.63, 3.8) is 0 Å². The van der Waals surface area contributed by atoms with E-state index in [1.807, 2.05) is 0 Å². The van der Waals surface area contributed by atoms with Crippen LogP contribution in [0, 0.1) is 0 Å². The Morgan fingerprint density at radius 2 is 1.67 bits per heavy atom. The lowest BCUT2D eigenvalue weighted by molar-refractivity contribution is 0.635. The van der Waals surface area contributed by atoms with Gasteiger partial charge in [0.2, 0.25) is 0 Å². The van der Waals surface area contributed by atoms with Gasteiger partial charge < -0.3 is 0 Å². The third-order valence-corrected chi connectivity index (χ3v) is 0.735. The molecule has 0 heterocycles. The SMILES string of the molecule is C/C(F)=C(\C)Cl. The Morgan fingerprint density at radius 1 is 1.50 bits per heavy atom. The van der Waals surface area contributed by atoms with Crippen LogP contribution < -0.4 is 0 Å². The van der Waals surface area contributed by atoms with E-state index in [0.717, 1.165) is 0 Å². The van der Waals surface area contributed by atoms with Crippen molar-refractivity contribution in [2.24, 2.45) is 0 Å². The van der Waals surface area contributed by atoms with Gasteiger partial charge in [-0.1, -0.05) is 11.6 Å². The molecule has 0 saturated heterocycles. The predicted molar refractivity (Wildman–Crippen MR) is 25.3 cm³/mol. The van der Waals surface area contributed by atoms with Gasteiger partial charge >= 0.3 is 0 Å². The fourth-order valence-electron chi connectivity index (χ4n) is 0. The highest BCUT2D eigenvalue weighted by Crippen LogP contribution is 2.06. The number of hydrogen-bond donors (Lipinski definition) is 0. The van der Waals surface area contributed by atoms with Gasteiger partial charge in [-0.3, -0.25) is 0 Å². The molecule has 0 N–H and O–H groups in total. The van der Waals surface area contributed by atoms with Gasteiger partial charge in [-0.2, -0.15) is 0 Å². The van der Waals surface area contributed by atoms with Gasteiger partial charge in [-0.25, -0.2) is 4.39 Å². The molecule has 0 aliphatic rings. The van der Waals surface area contributed by atoms with E-state index in [1.165, 1.54) is 13.8 Å². The number of hydrogen-bond acceptors (Lipinski definition) is 0. The topological polar surface area (TPSA) is 0 Å². The Bertz CT molecular complexity index is 57.6. The summed E-state index contributed by atoms with van der Waals surface area (Å²) in [5, 5.41) is 0.231. The number of halogens is 2. The predicted octanol–water partition coefficient (Wildman–Crippen LogP) is 2.45. The number of allylic oxidation sites excluding steroid dienone is 2. The van der Waals surface area contributed by atoms with Crippen molar-refractivity contribution in [1.82, 2.24) is 0 Å². The van der Waals surface area contributed by atoms with Gasteiger partial charge in [0.05, 0.1) is 0 Å². The summed E-state index contributed by atoms with van der Waals surface area (Å²) in [5.41, 5.74) is 0. The van der Waals surface area contributed by atoms with Crippen LogP contribution >= 0.6 is 11.6 Å². The highest BCUT2D eigenvalue weighted by molar-refractivity contribution is 6.29. The summed E-state index contributed by atoms with van der Waals surface area (Å²) in [4.78, 5) is 0. The van der Waals surface area contributed by atoms with Crippen molar-refractivity contribution >= 4 is 11.6 Å². The molecule has 0 saturated carbocycles. The molecule has 0 aliphatic heterocycles. The first kappa shape index (κ1) is 5.96. The molecule has 0 aliphatic carbocycles. The Hall–Kier alpha value is -0.0400. The molecule has 0 unspecified atom stereocenters. The van der Waals surface area contributed by atoms with Crippen LogP contribution in [0.2, 0.25) is 0 Å². The van der Waals surface area contributed by atoms with Gasteiger partial charge in [-0.15, -0.1) is 0 Å². The van der Waals surface area contributed by atoms with E-state index in [0.29, 0.717) is 0 Å². The zero-order valence-electron chi connectivity index (χ0n) is 3.76. The average Bonchev–Trinajstić information content (AvgIpc) is 1.36. The molecule has 0 aromatic rings. The largest absolute Gasteiger partial charge is 0.211 e. The molecule has 0 radical (unpaired) electrons. The Kier molecular flexibility index (Phi) is 2.18. The van der Waals surface area contributed by atoms with E-state index in [4.69, 9.17) is 11.6 Å². The van der Waals surface area contributed by atoms with Crippen molar-refractivity contribution in [3.05, 3.63) is 10.9 Å². The van der Waals surface area contributed by atoms with E-state index in [-0.39, 0.29) is 10.9 Å². The summed E-state index contributed by atoms with van der Waals surface area (Å²) in [6, 6.07) is 0. The van der Waals surface area contributed by atoms with Crippen LogP contribution in [0.1, 0.15) is 13.8 Å². The normalized spacial score (nSPS) is 14.0. The highest BCUT2D eigenvalue weighted by atomic mass is 35.5. The van der Waals surface area contributed by atoms with Crippen molar-refractivity contribution in [3.8, 4) is 0 Å². The fraction of sp³-hybridized carbons (Fsp3) is 0.500. The minimum Gasteiger partial charge on any atom is -0.211 e. The van der Waals surface area contributed by atoms with Crippen LogP contribution in [0.3, 0.4) is 0 Å². The molecule has 0 amide bonds. The van der Waals surface area contributed by atoms with E-state index in [9.17, 15) is 4.39 Å². The number of rotatable bonds is 0. The third kappa shape index (κ3) is 2.21. The zero-order chi connectivity index (χ0) is 5.15. The molecule has 0 rings (SSSR count). The van der Waals surface area contributed by atoms with Crippen molar-refractivity contribution < 1.29 is 4.39 Å². The minimum absolute atomic E-state index is 0.231. The summed E-state index contributed by atoms with van der Waals surface area (Å²) in [5.74, 6) is -0.309. The summed E-state index contributed by atoms with van der Waals surface area (Å²) < 4.78 is 11.6. The molecule has 0 fully saturated rings. The maximum absolute atomic E-state index is 11.6. The molecule has 6 heavy (non-hydrogen) atoms. The van der Waals surface area contributed by atoms with E-state index in [2.05, 4.69) is 0 Å². The third-order valence-electron chi connectivity index (χ3n) is 0.475. The van der Waals surface area contributed by atoms with Gasteiger partial charge in [0, 0.05) is 5.03 Å². The first-order valence-corrected chi connectivity index (χ1v) is 2.01. The standard InChI is InChI=1S/C4H6ClF/c1-3(5)4(2)6/h1-2H3/b4-3-. The second kappa shape index (κ2) is 2.19. The Labute approximate surface area is 41.6 Å². The lowest BCUT2D eigenvalue weighted by atomic mass is 10.5. The van der Waals surface area contributed by atoms with Crippen LogP contribution in [0.25, 0.3) is 0 Å². The van der Waals surface area contributed by atoms with Crippen LogP contribution in [0.5, 0.6) is 0 Å². The van der Waals surface area contributed by atoms with Crippen molar-refractivity contribution in [2.45, 2.75) is 13.8 Å². The summed E-state index contributed by atoms with van der Waals surface area (Å²) in [7, 11) is 0. The summed E-state index contributed by atoms with van der Waals surface area (Å²) >= 11 is 5.12. The lowest BCUT2D eigenvalue weighted by Gasteiger charge is -1.80. The van der Waals surface area contributed by atoms with Crippen LogP contribution in [0.4, 0.5) is 4.39 Å².